The van der Waals surface area contributed by atoms with E-state index in [9.17, 15) is 19.5 Å². The highest BCUT2D eigenvalue weighted by atomic mass is 16.5. The molecule has 4 rings (SSSR count). The predicted octanol–water partition coefficient (Wildman–Crippen LogP) is 4.26. The average molecular weight is 609 g/mol. The number of ether oxygens (including phenoxy) is 2. The molecule has 2 heterocycles. The number of nitrogens with zero attached hydrogens (tertiary/aromatic N) is 3. The number of carbonyl (C=O) groups is 3. The van der Waals surface area contributed by atoms with Crippen LogP contribution in [0.15, 0.2) is 47.0 Å². The molecule has 5 amide bonds. The number of rotatable bonds is 8. The maximum Gasteiger partial charge on any atom is 0.323 e. The largest absolute Gasteiger partial charge is 0.497 e. The van der Waals surface area contributed by atoms with E-state index >= 15 is 0 Å². The molecule has 0 unspecified atom stereocenters. The molecule has 13 heteroatoms. The monoisotopic (exact) mass is 608 g/mol. The van der Waals surface area contributed by atoms with Crippen molar-refractivity contribution < 1.29 is 33.5 Å². The Kier molecular flexibility index (Phi) is 10.3. The van der Waals surface area contributed by atoms with Crippen molar-refractivity contribution in [1.82, 2.24) is 15.0 Å². The standard InChI is InChI=1S/C31H40N6O7/c1-18-15-37(19(2)17-38)28(39)14-22-13-24(33-30(40)32-23-7-10-25(42-6)11-8-23)9-12-26(22)43-27(18)16-36(5)31(41)34-29-20(3)35-44-21(29)4/h7-13,18-19,27,38H,14-17H2,1-6H3,(H,34,41)(H2,32,33,40)/t18-,19-,27+/m0/s1. The first-order valence-corrected chi connectivity index (χ1v) is 14.4. The van der Waals surface area contributed by atoms with Crippen LogP contribution in [0.5, 0.6) is 11.5 Å². The second-order valence-electron chi connectivity index (χ2n) is 11.0. The zero-order chi connectivity index (χ0) is 32.0. The summed E-state index contributed by atoms with van der Waals surface area (Å²) in [5.74, 6) is 1.24. The lowest BCUT2D eigenvalue weighted by Gasteiger charge is -2.34. The van der Waals surface area contributed by atoms with Crippen molar-refractivity contribution in [3.63, 3.8) is 0 Å². The fraction of sp³-hybridized carbons (Fsp3) is 0.419. The molecule has 0 saturated carbocycles. The zero-order valence-electron chi connectivity index (χ0n) is 25.8. The number of anilines is 3. The minimum atomic E-state index is -0.509. The summed E-state index contributed by atoms with van der Waals surface area (Å²) < 4.78 is 16.8. The van der Waals surface area contributed by atoms with Crippen LogP contribution in [0.3, 0.4) is 0 Å². The van der Waals surface area contributed by atoms with Gasteiger partial charge in [-0.15, -0.1) is 0 Å². The minimum absolute atomic E-state index is 0.00288. The summed E-state index contributed by atoms with van der Waals surface area (Å²) in [6, 6.07) is 10.8. The van der Waals surface area contributed by atoms with Gasteiger partial charge in [-0.2, -0.15) is 0 Å². The van der Waals surface area contributed by atoms with Crippen LogP contribution in [0, 0.1) is 19.8 Å². The molecule has 1 aliphatic rings. The Labute approximate surface area is 256 Å². The predicted molar refractivity (Wildman–Crippen MR) is 165 cm³/mol. The number of nitrogens with one attached hydrogen (secondary N) is 3. The molecular weight excluding hydrogens is 568 g/mol. The molecular formula is C31H40N6O7. The van der Waals surface area contributed by atoms with Crippen molar-refractivity contribution in [3.8, 4) is 11.5 Å². The number of amides is 5. The second-order valence-corrected chi connectivity index (χ2v) is 11.0. The van der Waals surface area contributed by atoms with Gasteiger partial charge in [0.05, 0.1) is 32.7 Å². The number of aliphatic hydroxyl groups is 1. The molecule has 0 bridgehead atoms. The maximum absolute atomic E-state index is 13.5. The molecule has 0 saturated heterocycles. The lowest BCUT2D eigenvalue weighted by Crippen LogP contribution is -2.48. The smallest absolute Gasteiger partial charge is 0.323 e. The topological polar surface area (TPSA) is 158 Å². The fourth-order valence-electron chi connectivity index (χ4n) is 4.91. The van der Waals surface area contributed by atoms with Crippen LogP contribution >= 0.6 is 0 Å². The van der Waals surface area contributed by atoms with Crippen LogP contribution < -0.4 is 25.4 Å². The van der Waals surface area contributed by atoms with Gasteiger partial charge >= 0.3 is 12.1 Å². The summed E-state index contributed by atoms with van der Waals surface area (Å²) in [6.07, 6.45) is -0.512. The second kappa shape index (κ2) is 14.1. The molecule has 44 heavy (non-hydrogen) atoms. The van der Waals surface area contributed by atoms with Crippen molar-refractivity contribution >= 4 is 35.0 Å². The number of carbonyl (C=O) groups excluding carboxylic acids is 3. The number of aromatic nitrogens is 1. The number of aryl methyl sites for hydroxylation is 2. The van der Waals surface area contributed by atoms with Gasteiger partial charge in [0.25, 0.3) is 0 Å². The van der Waals surface area contributed by atoms with E-state index in [1.807, 2.05) is 6.92 Å². The first-order chi connectivity index (χ1) is 21.0. The van der Waals surface area contributed by atoms with Gasteiger partial charge in [0, 0.05) is 36.4 Å². The Morgan fingerprint density at radius 1 is 1.14 bits per heavy atom. The normalized spacial score (nSPS) is 17.2. The van der Waals surface area contributed by atoms with Gasteiger partial charge in [-0.25, -0.2) is 9.59 Å². The van der Waals surface area contributed by atoms with Gasteiger partial charge in [-0.3, -0.25) is 4.79 Å². The van der Waals surface area contributed by atoms with Crippen molar-refractivity contribution in [2.24, 2.45) is 5.92 Å². The molecule has 236 valence electrons. The summed E-state index contributed by atoms with van der Waals surface area (Å²) in [7, 11) is 3.22. The Hall–Kier alpha value is -4.78. The highest BCUT2D eigenvalue weighted by molar-refractivity contribution is 6.00. The highest BCUT2D eigenvalue weighted by Gasteiger charge is 2.32. The number of methoxy groups -OCH3 is 1. The van der Waals surface area contributed by atoms with E-state index < -0.39 is 18.2 Å². The van der Waals surface area contributed by atoms with Crippen LogP contribution in [0.25, 0.3) is 0 Å². The molecule has 0 fully saturated rings. The Morgan fingerprint density at radius 3 is 2.45 bits per heavy atom. The Bertz CT molecular complexity index is 1460. The quantitative estimate of drug-likeness (QED) is 0.295. The zero-order valence-corrected chi connectivity index (χ0v) is 25.8. The number of hydrogen-bond donors (Lipinski definition) is 4. The summed E-state index contributed by atoms with van der Waals surface area (Å²) in [6.45, 7) is 7.50. The van der Waals surface area contributed by atoms with E-state index in [1.54, 1.807) is 82.3 Å². The van der Waals surface area contributed by atoms with Crippen molar-refractivity contribution in [2.45, 2.75) is 46.3 Å². The van der Waals surface area contributed by atoms with Crippen molar-refractivity contribution in [1.29, 1.82) is 0 Å². The van der Waals surface area contributed by atoms with Crippen LogP contribution in [0.2, 0.25) is 0 Å². The third-order valence-corrected chi connectivity index (χ3v) is 7.59. The molecule has 4 N–H and O–H groups in total. The number of benzene rings is 2. The fourth-order valence-corrected chi connectivity index (χ4v) is 4.91. The summed E-state index contributed by atoms with van der Waals surface area (Å²) in [5.41, 5.74) is 2.69. The molecule has 1 aliphatic heterocycles. The van der Waals surface area contributed by atoms with E-state index in [2.05, 4.69) is 21.1 Å². The third kappa shape index (κ3) is 7.78. The third-order valence-electron chi connectivity index (χ3n) is 7.59. The van der Waals surface area contributed by atoms with E-state index in [4.69, 9.17) is 14.0 Å². The molecule has 13 nitrogen and oxygen atoms in total. The lowest BCUT2D eigenvalue weighted by atomic mass is 10.0. The van der Waals surface area contributed by atoms with Crippen LogP contribution in [0.4, 0.5) is 26.7 Å². The average Bonchev–Trinajstić information content (AvgIpc) is 3.33. The first-order valence-electron chi connectivity index (χ1n) is 14.4. The van der Waals surface area contributed by atoms with Crippen molar-refractivity contribution in [2.75, 3.05) is 49.8 Å². The van der Waals surface area contributed by atoms with E-state index in [0.717, 1.165) is 0 Å². The van der Waals surface area contributed by atoms with Crippen molar-refractivity contribution in [3.05, 3.63) is 59.5 Å². The highest BCUT2D eigenvalue weighted by Crippen LogP contribution is 2.30. The number of fused-ring (bicyclic) bond motifs is 1. The van der Waals surface area contributed by atoms with Crippen LogP contribution in [-0.2, 0) is 11.2 Å². The van der Waals surface area contributed by atoms with Crippen LogP contribution in [-0.4, -0.2) is 84.0 Å². The molecule has 0 radical (unpaired) electrons. The van der Waals surface area contributed by atoms with E-state index in [1.165, 1.54) is 4.90 Å². The molecule has 2 aromatic carbocycles. The summed E-state index contributed by atoms with van der Waals surface area (Å²) >= 11 is 0. The van der Waals surface area contributed by atoms with Gasteiger partial charge in [0.2, 0.25) is 5.91 Å². The van der Waals surface area contributed by atoms with E-state index in [0.29, 0.717) is 52.1 Å². The van der Waals surface area contributed by atoms with Gasteiger partial charge in [-0.05, 0) is 63.2 Å². The lowest BCUT2D eigenvalue weighted by molar-refractivity contribution is -0.134. The number of likely N-dealkylation sites (N-methyl/N-ethyl adjacent to an activating group) is 1. The van der Waals surface area contributed by atoms with E-state index in [-0.39, 0.29) is 37.4 Å². The Morgan fingerprint density at radius 2 is 1.82 bits per heavy atom. The molecule has 0 aliphatic carbocycles. The maximum atomic E-state index is 13.5. The van der Waals surface area contributed by atoms with Gasteiger partial charge in [0.15, 0.2) is 5.76 Å². The molecule has 3 aromatic rings. The number of urea groups is 2. The summed E-state index contributed by atoms with van der Waals surface area (Å²) in [5, 5.41) is 22.2. The van der Waals surface area contributed by atoms with Gasteiger partial charge in [0.1, 0.15) is 29.0 Å². The number of hydrogen-bond acceptors (Lipinski definition) is 8. The SMILES string of the molecule is COc1ccc(NC(=O)Nc2ccc3c(c2)CC(=O)N([C@@H](C)CO)C[C@H](C)[C@@H](CN(C)C(=O)Nc2c(C)noc2C)O3)cc1. The first kappa shape index (κ1) is 32.1. The summed E-state index contributed by atoms with van der Waals surface area (Å²) in [4.78, 5) is 42.4. The van der Waals surface area contributed by atoms with Gasteiger partial charge in [-0.1, -0.05) is 12.1 Å². The van der Waals surface area contributed by atoms with Gasteiger partial charge < -0.3 is 44.9 Å². The molecule has 3 atom stereocenters. The molecule has 0 spiro atoms. The Balaban J connectivity index is 1.55. The minimum Gasteiger partial charge on any atom is -0.497 e. The van der Waals surface area contributed by atoms with Crippen LogP contribution in [0.1, 0.15) is 30.9 Å². The molecule has 1 aromatic heterocycles. The number of aliphatic hydroxyl groups excluding tert-OH is 1.